The second kappa shape index (κ2) is 12.3. The molecule has 11 heteroatoms. The van der Waals surface area contributed by atoms with E-state index in [4.69, 9.17) is 4.55 Å². The van der Waals surface area contributed by atoms with Crippen LogP contribution >= 0.6 is 23.1 Å². The van der Waals surface area contributed by atoms with Gasteiger partial charge in [-0.3, -0.25) is 14.1 Å². The fourth-order valence-electron chi connectivity index (χ4n) is 3.22. The molecule has 1 heterocycles. The van der Waals surface area contributed by atoms with Crippen molar-refractivity contribution >= 4 is 56.2 Å². The van der Waals surface area contributed by atoms with Crippen LogP contribution in [0.25, 0.3) is 0 Å². The summed E-state index contributed by atoms with van der Waals surface area (Å²) in [6.45, 7) is 5.82. The first-order valence-corrected chi connectivity index (χ1v) is 14.6. The standard InChI is InChI=1S/C25H27N3O5S3/c1-16-7-8-19(11-17(16)2)13-26-28-24(30)22-18(3)14-35-25(22)27-23(29)21-6-4-5-20(12-21)15-34-9-10-36(31,32)33/h4-8,11-14H,9-10,15H2,1-3H3,(H,27,29)(H,28,30)(H,31,32,33). The molecule has 0 unspecified atom stereocenters. The minimum atomic E-state index is -3.99. The Morgan fingerprint density at radius 1 is 1.06 bits per heavy atom. The number of amides is 2. The molecule has 0 spiro atoms. The van der Waals surface area contributed by atoms with Crippen molar-refractivity contribution in [2.75, 3.05) is 16.8 Å². The summed E-state index contributed by atoms with van der Waals surface area (Å²) in [5.41, 5.74) is 8.02. The highest BCUT2D eigenvalue weighted by Crippen LogP contribution is 2.28. The normalized spacial score (nSPS) is 11.6. The molecule has 190 valence electrons. The SMILES string of the molecule is Cc1ccc(C=NNC(=O)c2c(C)csc2NC(=O)c2cccc(CSCCS(=O)(=O)O)c2)cc1C. The van der Waals surface area contributed by atoms with Crippen LogP contribution in [0.15, 0.2) is 52.9 Å². The van der Waals surface area contributed by atoms with Gasteiger partial charge in [0.05, 0.1) is 17.5 Å². The van der Waals surface area contributed by atoms with E-state index in [1.165, 1.54) is 28.7 Å². The van der Waals surface area contributed by atoms with Gasteiger partial charge >= 0.3 is 0 Å². The van der Waals surface area contributed by atoms with Crippen molar-refractivity contribution in [3.8, 4) is 0 Å². The van der Waals surface area contributed by atoms with Crippen molar-refractivity contribution in [3.63, 3.8) is 0 Å². The summed E-state index contributed by atoms with van der Waals surface area (Å²) >= 11 is 2.59. The quantitative estimate of drug-likeness (QED) is 0.145. The van der Waals surface area contributed by atoms with E-state index in [1.54, 1.807) is 36.7 Å². The fourth-order valence-corrected chi connectivity index (χ4v) is 6.03. The third kappa shape index (κ3) is 8.02. The average molecular weight is 546 g/mol. The lowest BCUT2D eigenvalue weighted by molar-refractivity contribution is 0.0956. The van der Waals surface area contributed by atoms with Crippen LogP contribution < -0.4 is 10.7 Å². The summed E-state index contributed by atoms with van der Waals surface area (Å²) in [6.07, 6.45) is 1.57. The van der Waals surface area contributed by atoms with Gasteiger partial charge in [0.15, 0.2) is 0 Å². The smallest absolute Gasteiger partial charge is 0.274 e. The summed E-state index contributed by atoms with van der Waals surface area (Å²) in [6, 6.07) is 12.8. The number of hydrazone groups is 1. The van der Waals surface area contributed by atoms with Gasteiger partial charge in [-0.25, -0.2) is 5.43 Å². The number of aryl methyl sites for hydroxylation is 3. The van der Waals surface area contributed by atoms with E-state index in [0.717, 1.165) is 22.3 Å². The topological polar surface area (TPSA) is 125 Å². The van der Waals surface area contributed by atoms with Gasteiger partial charge in [-0.15, -0.1) is 11.3 Å². The molecule has 0 fully saturated rings. The Bertz CT molecular complexity index is 1400. The molecule has 0 saturated carbocycles. The zero-order valence-corrected chi connectivity index (χ0v) is 22.5. The third-order valence-corrected chi connectivity index (χ3v) is 8.31. The number of carbonyl (C=O) groups excluding carboxylic acids is 2. The molecular formula is C25H27N3O5S3. The second-order valence-corrected chi connectivity index (χ2v) is 11.7. The highest BCUT2D eigenvalue weighted by Gasteiger charge is 2.19. The Morgan fingerprint density at radius 2 is 1.83 bits per heavy atom. The van der Waals surface area contributed by atoms with Gasteiger partial charge in [-0.05, 0) is 66.1 Å². The van der Waals surface area contributed by atoms with Crippen molar-refractivity contribution < 1.29 is 22.6 Å². The number of thiophene rings is 1. The molecule has 0 saturated heterocycles. The largest absolute Gasteiger partial charge is 0.313 e. The summed E-state index contributed by atoms with van der Waals surface area (Å²) in [4.78, 5) is 25.7. The van der Waals surface area contributed by atoms with E-state index in [2.05, 4.69) is 15.8 Å². The maximum Gasteiger partial charge on any atom is 0.274 e. The molecule has 0 aliphatic carbocycles. The van der Waals surface area contributed by atoms with E-state index >= 15 is 0 Å². The molecule has 2 amide bonds. The zero-order chi connectivity index (χ0) is 26.3. The van der Waals surface area contributed by atoms with E-state index in [0.29, 0.717) is 21.9 Å². The van der Waals surface area contributed by atoms with E-state index in [9.17, 15) is 18.0 Å². The lowest BCUT2D eigenvalue weighted by Crippen LogP contribution is -2.21. The van der Waals surface area contributed by atoms with Crippen LogP contribution in [0.5, 0.6) is 0 Å². The summed E-state index contributed by atoms with van der Waals surface area (Å²) in [5.74, 6) is -0.382. The van der Waals surface area contributed by atoms with Gasteiger partial charge in [0.1, 0.15) is 5.00 Å². The third-order valence-electron chi connectivity index (χ3n) is 5.28. The zero-order valence-electron chi connectivity index (χ0n) is 20.1. The predicted molar refractivity (Wildman–Crippen MR) is 147 cm³/mol. The lowest BCUT2D eigenvalue weighted by Gasteiger charge is -2.08. The van der Waals surface area contributed by atoms with Crippen molar-refractivity contribution in [1.29, 1.82) is 0 Å². The van der Waals surface area contributed by atoms with Crippen molar-refractivity contribution in [2.24, 2.45) is 5.10 Å². The lowest BCUT2D eigenvalue weighted by atomic mass is 10.1. The van der Waals surface area contributed by atoms with E-state index < -0.39 is 16.0 Å². The molecule has 3 rings (SSSR count). The molecule has 36 heavy (non-hydrogen) atoms. The van der Waals surface area contributed by atoms with Crippen LogP contribution in [0.3, 0.4) is 0 Å². The molecule has 0 radical (unpaired) electrons. The number of carbonyl (C=O) groups is 2. The monoisotopic (exact) mass is 545 g/mol. The maximum absolute atomic E-state index is 12.9. The van der Waals surface area contributed by atoms with Gasteiger partial charge in [0, 0.05) is 17.1 Å². The molecule has 0 aliphatic heterocycles. The number of hydrogen-bond donors (Lipinski definition) is 3. The molecule has 0 bridgehead atoms. The van der Waals surface area contributed by atoms with E-state index in [-0.39, 0.29) is 17.4 Å². The Morgan fingerprint density at radius 3 is 2.56 bits per heavy atom. The number of benzene rings is 2. The Hall–Kier alpha value is -2.99. The first-order valence-electron chi connectivity index (χ1n) is 11.0. The van der Waals surface area contributed by atoms with Crippen molar-refractivity contribution in [3.05, 3.63) is 86.8 Å². The summed E-state index contributed by atoms with van der Waals surface area (Å²) < 4.78 is 30.5. The van der Waals surface area contributed by atoms with Crippen LogP contribution in [-0.2, 0) is 15.9 Å². The minimum Gasteiger partial charge on any atom is -0.313 e. The fraction of sp³-hybridized carbons (Fsp3) is 0.240. The summed E-state index contributed by atoms with van der Waals surface area (Å²) in [5, 5.41) is 9.09. The first kappa shape index (κ1) is 27.6. The number of rotatable bonds is 10. The van der Waals surface area contributed by atoms with Crippen molar-refractivity contribution in [2.45, 2.75) is 26.5 Å². The number of thioether (sulfide) groups is 1. The first-order chi connectivity index (χ1) is 17.0. The van der Waals surface area contributed by atoms with Crippen molar-refractivity contribution in [1.82, 2.24) is 5.43 Å². The van der Waals surface area contributed by atoms with Crippen LogP contribution in [-0.4, -0.2) is 42.5 Å². The highest BCUT2D eigenvalue weighted by molar-refractivity contribution is 7.99. The van der Waals surface area contributed by atoms with Crippen LogP contribution in [0, 0.1) is 20.8 Å². The maximum atomic E-state index is 12.9. The highest BCUT2D eigenvalue weighted by atomic mass is 32.2. The second-order valence-electron chi connectivity index (χ2n) is 8.16. The Labute approximate surface area is 219 Å². The number of anilines is 1. The van der Waals surface area contributed by atoms with Crippen LogP contribution in [0.2, 0.25) is 0 Å². The molecule has 2 aromatic carbocycles. The summed E-state index contributed by atoms with van der Waals surface area (Å²) in [7, 11) is -3.99. The van der Waals surface area contributed by atoms with Gasteiger partial charge < -0.3 is 5.32 Å². The molecule has 3 N–H and O–H groups in total. The van der Waals surface area contributed by atoms with E-state index in [1.807, 2.05) is 38.1 Å². The average Bonchev–Trinajstić information content (AvgIpc) is 3.18. The Balaban J connectivity index is 1.64. The molecular weight excluding hydrogens is 518 g/mol. The molecule has 0 atom stereocenters. The Kier molecular flexibility index (Phi) is 9.43. The molecule has 8 nitrogen and oxygen atoms in total. The van der Waals surface area contributed by atoms with Gasteiger partial charge in [-0.1, -0.05) is 30.3 Å². The molecule has 3 aromatic rings. The molecule has 0 aliphatic rings. The van der Waals surface area contributed by atoms with Gasteiger partial charge in [-0.2, -0.15) is 25.3 Å². The van der Waals surface area contributed by atoms with Crippen LogP contribution in [0.1, 0.15) is 48.5 Å². The molecule has 1 aromatic heterocycles. The number of nitrogens with one attached hydrogen (secondary N) is 2. The number of hydrogen-bond acceptors (Lipinski definition) is 7. The number of nitrogens with zero attached hydrogens (tertiary/aromatic N) is 1. The van der Waals surface area contributed by atoms with Crippen LogP contribution in [0.4, 0.5) is 5.00 Å². The predicted octanol–water partition coefficient (Wildman–Crippen LogP) is 4.81. The minimum absolute atomic E-state index is 0.244. The van der Waals surface area contributed by atoms with Gasteiger partial charge in [0.2, 0.25) is 0 Å². The van der Waals surface area contributed by atoms with Gasteiger partial charge in [0.25, 0.3) is 21.9 Å².